The molecule has 0 saturated carbocycles. The Morgan fingerprint density at radius 2 is 2.31 bits per heavy atom. The molecule has 0 aliphatic carbocycles. The number of halogens is 1. The first-order valence-corrected chi connectivity index (χ1v) is 8.04. The first-order chi connectivity index (χ1) is 7.47. The SMILES string of the molecule is CC(C)(O)CSCCNCc1csc(Br)c1. The molecule has 0 fully saturated rings. The summed E-state index contributed by atoms with van der Waals surface area (Å²) in [6.45, 7) is 5.59. The lowest BCUT2D eigenvalue weighted by Crippen LogP contribution is -2.23. The van der Waals surface area contributed by atoms with Crippen molar-refractivity contribution in [1.29, 1.82) is 0 Å². The molecule has 1 rings (SSSR count). The Morgan fingerprint density at radius 3 is 2.88 bits per heavy atom. The molecule has 92 valence electrons. The van der Waals surface area contributed by atoms with Gasteiger partial charge in [-0.05, 0) is 46.8 Å². The summed E-state index contributed by atoms with van der Waals surface area (Å²) in [5, 5.41) is 15.0. The van der Waals surface area contributed by atoms with Gasteiger partial charge in [-0.2, -0.15) is 11.8 Å². The van der Waals surface area contributed by atoms with Crippen LogP contribution in [0, 0.1) is 0 Å². The van der Waals surface area contributed by atoms with Gasteiger partial charge < -0.3 is 10.4 Å². The van der Waals surface area contributed by atoms with Crippen molar-refractivity contribution < 1.29 is 5.11 Å². The monoisotopic (exact) mass is 323 g/mol. The molecule has 16 heavy (non-hydrogen) atoms. The quantitative estimate of drug-likeness (QED) is 0.756. The fourth-order valence-corrected chi connectivity index (χ4v) is 3.28. The molecule has 0 unspecified atom stereocenters. The summed E-state index contributed by atoms with van der Waals surface area (Å²) in [6, 6.07) is 2.14. The average Bonchev–Trinajstić information content (AvgIpc) is 2.56. The molecule has 0 atom stereocenters. The lowest BCUT2D eigenvalue weighted by molar-refractivity contribution is 0.107. The number of nitrogens with one attached hydrogen (secondary N) is 1. The number of thioether (sulfide) groups is 1. The van der Waals surface area contributed by atoms with Crippen LogP contribution < -0.4 is 5.32 Å². The van der Waals surface area contributed by atoms with E-state index >= 15 is 0 Å². The topological polar surface area (TPSA) is 32.3 Å². The summed E-state index contributed by atoms with van der Waals surface area (Å²) in [5.41, 5.74) is 0.771. The highest BCUT2D eigenvalue weighted by Crippen LogP contribution is 2.20. The van der Waals surface area contributed by atoms with E-state index in [1.165, 1.54) is 9.35 Å². The van der Waals surface area contributed by atoms with E-state index in [4.69, 9.17) is 0 Å². The van der Waals surface area contributed by atoms with Crippen molar-refractivity contribution in [2.45, 2.75) is 26.0 Å². The molecule has 2 N–H and O–H groups in total. The van der Waals surface area contributed by atoms with E-state index in [9.17, 15) is 5.11 Å². The van der Waals surface area contributed by atoms with Crippen LogP contribution in [-0.2, 0) is 6.54 Å². The van der Waals surface area contributed by atoms with Crippen molar-refractivity contribution in [3.63, 3.8) is 0 Å². The molecule has 1 heterocycles. The number of hydrogen-bond acceptors (Lipinski definition) is 4. The standard InChI is InChI=1S/C11H18BrNOS2/c1-11(2,14)8-15-4-3-13-6-9-5-10(12)16-7-9/h5,7,13-14H,3-4,6,8H2,1-2H3. The van der Waals surface area contributed by atoms with Crippen molar-refractivity contribution in [2.24, 2.45) is 0 Å². The Labute approximate surface area is 114 Å². The van der Waals surface area contributed by atoms with Crippen molar-refractivity contribution in [2.75, 3.05) is 18.1 Å². The summed E-state index contributed by atoms with van der Waals surface area (Å²) in [6.07, 6.45) is 0. The molecular formula is C11H18BrNOS2. The van der Waals surface area contributed by atoms with Gasteiger partial charge in [0.2, 0.25) is 0 Å². The summed E-state index contributed by atoms with van der Waals surface area (Å²) in [5.74, 6) is 1.83. The van der Waals surface area contributed by atoms with Crippen LogP contribution in [0.4, 0.5) is 0 Å². The maximum atomic E-state index is 9.51. The highest BCUT2D eigenvalue weighted by atomic mass is 79.9. The van der Waals surface area contributed by atoms with Crippen LogP contribution in [0.25, 0.3) is 0 Å². The third-order valence-electron chi connectivity index (χ3n) is 1.83. The first-order valence-electron chi connectivity index (χ1n) is 5.21. The van der Waals surface area contributed by atoms with Gasteiger partial charge >= 0.3 is 0 Å². The van der Waals surface area contributed by atoms with E-state index in [1.54, 1.807) is 23.1 Å². The molecule has 2 nitrogen and oxygen atoms in total. The van der Waals surface area contributed by atoms with Crippen molar-refractivity contribution in [1.82, 2.24) is 5.32 Å². The lowest BCUT2D eigenvalue weighted by Gasteiger charge is -2.15. The van der Waals surface area contributed by atoms with Crippen molar-refractivity contribution in [3.8, 4) is 0 Å². The van der Waals surface area contributed by atoms with Gasteiger partial charge in [0.25, 0.3) is 0 Å². The second kappa shape index (κ2) is 7.01. The van der Waals surface area contributed by atoms with Crippen LogP contribution >= 0.6 is 39.0 Å². The maximum absolute atomic E-state index is 9.51. The largest absolute Gasteiger partial charge is 0.390 e. The van der Waals surface area contributed by atoms with Gasteiger partial charge in [-0.3, -0.25) is 0 Å². The lowest BCUT2D eigenvalue weighted by atomic mass is 10.2. The minimum Gasteiger partial charge on any atom is -0.390 e. The van der Waals surface area contributed by atoms with Gasteiger partial charge in [0, 0.05) is 24.6 Å². The van der Waals surface area contributed by atoms with E-state index in [1.807, 2.05) is 13.8 Å². The molecular weight excluding hydrogens is 306 g/mol. The second-order valence-electron chi connectivity index (χ2n) is 4.30. The molecule has 0 saturated heterocycles. The molecule has 0 spiro atoms. The summed E-state index contributed by atoms with van der Waals surface area (Å²) >= 11 is 6.94. The molecule has 5 heteroatoms. The van der Waals surface area contributed by atoms with Crippen LogP contribution in [0.5, 0.6) is 0 Å². The van der Waals surface area contributed by atoms with Crippen LogP contribution in [0.2, 0.25) is 0 Å². The van der Waals surface area contributed by atoms with Crippen LogP contribution in [0.3, 0.4) is 0 Å². The normalized spacial score (nSPS) is 12.0. The molecule has 0 amide bonds. The van der Waals surface area contributed by atoms with E-state index in [2.05, 4.69) is 32.7 Å². The van der Waals surface area contributed by atoms with Gasteiger partial charge in [-0.1, -0.05) is 0 Å². The van der Waals surface area contributed by atoms with E-state index in [0.717, 1.165) is 24.6 Å². The van der Waals surface area contributed by atoms with Crippen molar-refractivity contribution >= 4 is 39.0 Å². The summed E-state index contributed by atoms with van der Waals surface area (Å²) in [4.78, 5) is 0. The minimum absolute atomic E-state index is 0.553. The number of thiophene rings is 1. The Morgan fingerprint density at radius 1 is 1.56 bits per heavy atom. The smallest absolute Gasteiger partial charge is 0.0701 e. The zero-order valence-electron chi connectivity index (χ0n) is 9.62. The predicted octanol–water partition coefficient (Wildman–Crippen LogP) is 3.10. The zero-order valence-corrected chi connectivity index (χ0v) is 12.8. The fourth-order valence-electron chi connectivity index (χ4n) is 1.14. The van der Waals surface area contributed by atoms with Crippen LogP contribution in [0.1, 0.15) is 19.4 Å². The number of aliphatic hydroxyl groups is 1. The molecule has 0 radical (unpaired) electrons. The summed E-state index contributed by atoms with van der Waals surface area (Å²) < 4.78 is 1.18. The molecule has 0 aliphatic heterocycles. The van der Waals surface area contributed by atoms with Gasteiger partial charge in [0.15, 0.2) is 0 Å². The van der Waals surface area contributed by atoms with Gasteiger partial charge in [-0.25, -0.2) is 0 Å². The number of hydrogen-bond donors (Lipinski definition) is 2. The third-order valence-corrected chi connectivity index (χ3v) is 4.79. The zero-order chi connectivity index (χ0) is 12.0. The maximum Gasteiger partial charge on any atom is 0.0701 e. The van der Waals surface area contributed by atoms with Gasteiger partial charge in [0.1, 0.15) is 0 Å². The van der Waals surface area contributed by atoms with Crippen LogP contribution in [-0.4, -0.2) is 28.8 Å². The van der Waals surface area contributed by atoms with E-state index < -0.39 is 5.60 Å². The minimum atomic E-state index is -0.553. The predicted molar refractivity (Wildman–Crippen MR) is 77.3 cm³/mol. The Hall–Kier alpha value is 0.450. The van der Waals surface area contributed by atoms with Crippen LogP contribution in [0.15, 0.2) is 15.2 Å². The third kappa shape index (κ3) is 6.91. The van der Waals surface area contributed by atoms with E-state index in [-0.39, 0.29) is 0 Å². The Balaban J connectivity index is 2.00. The Kier molecular flexibility index (Phi) is 6.36. The highest BCUT2D eigenvalue weighted by Gasteiger charge is 2.11. The molecule has 0 bridgehead atoms. The molecule has 1 aromatic heterocycles. The molecule has 1 aromatic rings. The summed E-state index contributed by atoms with van der Waals surface area (Å²) in [7, 11) is 0. The highest BCUT2D eigenvalue weighted by molar-refractivity contribution is 9.11. The molecule has 0 aromatic carbocycles. The van der Waals surface area contributed by atoms with Gasteiger partial charge in [0.05, 0.1) is 9.39 Å². The Bertz CT molecular complexity index is 309. The number of rotatable bonds is 7. The van der Waals surface area contributed by atoms with Gasteiger partial charge in [-0.15, -0.1) is 11.3 Å². The average molecular weight is 324 g/mol. The van der Waals surface area contributed by atoms with E-state index in [0.29, 0.717) is 0 Å². The fraction of sp³-hybridized carbons (Fsp3) is 0.636. The van der Waals surface area contributed by atoms with Crippen molar-refractivity contribution in [3.05, 3.63) is 20.8 Å². The molecule has 0 aliphatic rings. The first kappa shape index (κ1) is 14.5. The second-order valence-corrected chi connectivity index (χ2v) is 7.70.